The minimum atomic E-state index is -1.16. The summed E-state index contributed by atoms with van der Waals surface area (Å²) in [5.74, 6) is -1.91. The fourth-order valence-electron chi connectivity index (χ4n) is 6.93. The van der Waals surface area contributed by atoms with Crippen molar-refractivity contribution in [2.24, 2.45) is 15.9 Å². The second-order valence-electron chi connectivity index (χ2n) is 16.1. The minimum Gasteiger partial charge on any atom is -0.444 e. The van der Waals surface area contributed by atoms with E-state index in [9.17, 15) is 29.3 Å². The smallest absolute Gasteiger partial charge is 0.408 e. The number of nitro groups is 1. The van der Waals surface area contributed by atoms with Gasteiger partial charge in [-0.05, 0) is 66.6 Å². The van der Waals surface area contributed by atoms with Gasteiger partial charge < -0.3 is 42.5 Å². The molecule has 0 heterocycles. The summed E-state index contributed by atoms with van der Waals surface area (Å²) in [7, 11) is 0. The van der Waals surface area contributed by atoms with Crippen LogP contribution in [-0.4, -0.2) is 77.8 Å². The molecule has 5 aromatic carbocycles. The number of nitrogens with two attached hydrogens (primary N) is 1. The number of hydrogen-bond acceptors (Lipinski definition) is 9. The molecule has 4 amide bonds. The van der Waals surface area contributed by atoms with Gasteiger partial charge in [-0.3, -0.25) is 14.4 Å². The van der Waals surface area contributed by atoms with Crippen LogP contribution in [0.15, 0.2) is 144 Å². The minimum absolute atomic E-state index is 0.0745. The lowest BCUT2D eigenvalue weighted by Crippen LogP contribution is -2.56. The molecule has 0 spiro atoms. The van der Waals surface area contributed by atoms with Crippen LogP contribution in [0.25, 0.3) is 10.8 Å². The molecular formula is C48H56N10O7. The summed E-state index contributed by atoms with van der Waals surface area (Å²) in [6.45, 7) is 5.10. The molecule has 0 aliphatic rings. The van der Waals surface area contributed by atoms with Crippen LogP contribution < -0.4 is 37.7 Å². The summed E-state index contributed by atoms with van der Waals surface area (Å²) < 4.78 is 5.50. The molecule has 0 radical (unpaired) electrons. The first kappa shape index (κ1) is 48.2. The maximum Gasteiger partial charge on any atom is 0.408 e. The standard InChI is InChI=1S/C48H56N10O7/c1-48(2,3)65-47(62)55-40(29-33-17-7-4-8-18-33)45(61)54-41(30-37-25-15-24-34-19-13-14-27-39(34)37)44(60)53-38(26-16-28-50-46(49)57-58(63)64)31-51-52-32-42(59)56-43(35-20-9-5-10-21-35)36-22-11-6-12-23-36/h4-15,17-25,27,31,38,40-41,43,52H,16,26,28-30,32H2,1-3H3,(H,53,60)(H,54,61)(H,55,62)(H,56,59)(H3,49,50,57)/b51-31+/t38-,40?,41?/m0/s1. The normalized spacial score (nSPS) is 13.0. The van der Waals surface area contributed by atoms with Crippen molar-refractivity contribution in [2.75, 3.05) is 13.1 Å². The van der Waals surface area contributed by atoms with Gasteiger partial charge in [0.05, 0.1) is 12.1 Å². The number of nitrogens with zero attached hydrogens (tertiary/aromatic N) is 3. The largest absolute Gasteiger partial charge is 0.444 e. The Hall–Kier alpha value is -7.82. The van der Waals surface area contributed by atoms with Crippen LogP contribution >= 0.6 is 0 Å². The molecule has 8 N–H and O–H groups in total. The van der Waals surface area contributed by atoms with Crippen molar-refractivity contribution in [1.29, 1.82) is 0 Å². The van der Waals surface area contributed by atoms with E-state index >= 15 is 0 Å². The number of benzene rings is 5. The van der Waals surface area contributed by atoms with E-state index in [-0.39, 0.29) is 44.2 Å². The number of amides is 4. The van der Waals surface area contributed by atoms with Crippen LogP contribution in [0.5, 0.6) is 0 Å². The number of fused-ring (bicyclic) bond motifs is 1. The van der Waals surface area contributed by atoms with E-state index in [1.54, 1.807) is 20.8 Å². The average molecular weight is 885 g/mol. The van der Waals surface area contributed by atoms with Crippen LogP contribution in [-0.2, 0) is 32.0 Å². The fourth-order valence-corrected chi connectivity index (χ4v) is 6.93. The van der Waals surface area contributed by atoms with E-state index in [2.05, 4.69) is 42.2 Å². The molecule has 340 valence electrons. The van der Waals surface area contributed by atoms with Crippen molar-refractivity contribution in [1.82, 2.24) is 32.0 Å². The highest BCUT2D eigenvalue weighted by molar-refractivity contribution is 5.94. The fraction of sp³-hybridized carbons (Fsp3) is 0.292. The highest BCUT2D eigenvalue weighted by Gasteiger charge is 2.30. The number of ether oxygens (including phenoxy) is 1. The monoisotopic (exact) mass is 884 g/mol. The van der Waals surface area contributed by atoms with Gasteiger partial charge in [-0.15, -0.1) is 0 Å². The lowest BCUT2D eigenvalue weighted by atomic mass is 9.97. The molecule has 17 heteroatoms. The van der Waals surface area contributed by atoms with Gasteiger partial charge in [-0.2, -0.15) is 5.10 Å². The number of carbonyl (C=O) groups is 4. The van der Waals surface area contributed by atoms with Crippen molar-refractivity contribution < 1.29 is 28.9 Å². The molecule has 2 unspecified atom stereocenters. The Kier molecular flexibility index (Phi) is 17.9. The van der Waals surface area contributed by atoms with Crippen LogP contribution in [0.4, 0.5) is 4.79 Å². The average Bonchev–Trinajstić information content (AvgIpc) is 3.28. The summed E-state index contributed by atoms with van der Waals surface area (Å²) in [5, 5.41) is 33.4. The molecule has 65 heavy (non-hydrogen) atoms. The van der Waals surface area contributed by atoms with Crippen molar-refractivity contribution in [3.05, 3.63) is 166 Å². The lowest BCUT2D eigenvalue weighted by molar-refractivity contribution is -0.485. The Morgan fingerprint density at radius 1 is 0.738 bits per heavy atom. The summed E-state index contributed by atoms with van der Waals surface area (Å²) >= 11 is 0. The van der Waals surface area contributed by atoms with Gasteiger partial charge >= 0.3 is 6.09 Å². The second-order valence-corrected chi connectivity index (χ2v) is 16.1. The van der Waals surface area contributed by atoms with Crippen LogP contribution in [0.2, 0.25) is 0 Å². The van der Waals surface area contributed by atoms with Gasteiger partial charge in [0, 0.05) is 25.6 Å². The first-order valence-corrected chi connectivity index (χ1v) is 21.2. The van der Waals surface area contributed by atoms with E-state index < -0.39 is 52.7 Å². The number of rotatable bonds is 21. The maximum atomic E-state index is 14.5. The Morgan fingerprint density at radius 3 is 1.97 bits per heavy atom. The maximum absolute atomic E-state index is 14.5. The van der Waals surface area contributed by atoms with Gasteiger partial charge in [0.1, 0.15) is 29.3 Å². The Morgan fingerprint density at radius 2 is 1.32 bits per heavy atom. The summed E-state index contributed by atoms with van der Waals surface area (Å²) in [5.41, 5.74) is 10.9. The Balaban J connectivity index is 1.37. The quantitative estimate of drug-likeness (QED) is 0.0174. The van der Waals surface area contributed by atoms with E-state index in [4.69, 9.17) is 10.5 Å². The van der Waals surface area contributed by atoms with E-state index in [0.717, 1.165) is 33.0 Å². The zero-order chi connectivity index (χ0) is 46.6. The number of nitrogens with one attached hydrogen (secondary N) is 6. The van der Waals surface area contributed by atoms with Crippen molar-refractivity contribution in [3.8, 4) is 0 Å². The SMILES string of the molecule is CC(C)(C)OC(=O)NC(Cc1ccccc1)C(=O)NC(Cc1cccc2ccccc12)C(=O)N[C@H](/C=N/NCC(=O)NC(c1ccccc1)c1ccccc1)CCCN/C(N)=N\[N+](=O)[O-]. The molecule has 0 aliphatic carbocycles. The molecule has 0 saturated heterocycles. The second kappa shape index (κ2) is 24.1. The molecule has 0 aliphatic heterocycles. The van der Waals surface area contributed by atoms with Crippen molar-refractivity contribution in [2.45, 2.75) is 76.2 Å². The summed E-state index contributed by atoms with van der Waals surface area (Å²) in [6, 6.07) is 38.2. The predicted octanol–water partition coefficient (Wildman–Crippen LogP) is 4.85. The third kappa shape index (κ3) is 16.4. The molecule has 0 saturated carbocycles. The molecule has 3 atom stereocenters. The van der Waals surface area contributed by atoms with Crippen molar-refractivity contribution in [3.63, 3.8) is 0 Å². The van der Waals surface area contributed by atoms with E-state index in [1.165, 1.54) is 6.21 Å². The zero-order valence-electron chi connectivity index (χ0n) is 36.6. The predicted molar refractivity (Wildman–Crippen MR) is 250 cm³/mol. The molecule has 0 aromatic heterocycles. The number of carbonyl (C=O) groups excluding carboxylic acids is 4. The first-order chi connectivity index (χ1) is 31.2. The summed E-state index contributed by atoms with van der Waals surface area (Å²) in [6.07, 6.45) is 1.40. The van der Waals surface area contributed by atoms with Crippen LogP contribution in [0, 0.1) is 10.1 Å². The lowest BCUT2D eigenvalue weighted by Gasteiger charge is -2.26. The molecule has 17 nitrogen and oxygen atoms in total. The molecule has 0 fully saturated rings. The highest BCUT2D eigenvalue weighted by atomic mass is 16.7. The number of guanidine groups is 1. The highest BCUT2D eigenvalue weighted by Crippen LogP contribution is 2.22. The number of hydrogen-bond donors (Lipinski definition) is 7. The van der Waals surface area contributed by atoms with Gasteiger partial charge in [-0.1, -0.05) is 133 Å². The van der Waals surface area contributed by atoms with E-state index in [1.807, 2.05) is 133 Å². The van der Waals surface area contributed by atoms with Gasteiger partial charge in [0.15, 0.2) is 5.03 Å². The molecule has 5 aromatic rings. The topological polar surface area (TPSA) is 244 Å². The van der Waals surface area contributed by atoms with Crippen molar-refractivity contribution >= 4 is 46.8 Å². The van der Waals surface area contributed by atoms with Gasteiger partial charge in [0.2, 0.25) is 17.7 Å². The van der Waals surface area contributed by atoms with Crippen LogP contribution in [0.3, 0.4) is 0 Å². The van der Waals surface area contributed by atoms with Gasteiger partial charge in [-0.25, -0.2) is 14.9 Å². The third-order valence-corrected chi connectivity index (χ3v) is 9.90. The molecular weight excluding hydrogens is 829 g/mol. The van der Waals surface area contributed by atoms with E-state index in [0.29, 0.717) is 6.42 Å². The van der Waals surface area contributed by atoms with Crippen LogP contribution in [0.1, 0.15) is 61.9 Å². The molecule has 0 bridgehead atoms. The number of alkyl carbamates (subject to hydrolysis) is 1. The molecule has 5 rings (SSSR count). The Bertz CT molecular complexity index is 2370. The third-order valence-electron chi connectivity index (χ3n) is 9.90. The Labute approximate surface area is 377 Å². The first-order valence-electron chi connectivity index (χ1n) is 21.2. The zero-order valence-corrected chi connectivity index (χ0v) is 36.6. The summed E-state index contributed by atoms with van der Waals surface area (Å²) in [4.78, 5) is 65.9. The van der Waals surface area contributed by atoms with Gasteiger partial charge in [0.25, 0.3) is 5.96 Å². The number of hydrazone groups is 2.